The van der Waals surface area contributed by atoms with Crippen molar-refractivity contribution in [1.82, 2.24) is 4.90 Å². The number of carbonyl (C=O) groups is 1. The fourth-order valence-corrected chi connectivity index (χ4v) is 5.50. The van der Waals surface area contributed by atoms with Gasteiger partial charge in [0.15, 0.2) is 16.4 Å². The molecule has 1 heterocycles. The molecule has 1 aliphatic carbocycles. The molecule has 0 unspecified atom stereocenters. The van der Waals surface area contributed by atoms with E-state index in [9.17, 15) is 23.3 Å². The molecule has 0 bridgehead atoms. The van der Waals surface area contributed by atoms with E-state index in [1.165, 1.54) is 18.2 Å². The third-order valence-electron chi connectivity index (χ3n) is 5.00. The average Bonchev–Trinajstić information content (AvgIpc) is 3.23. The van der Waals surface area contributed by atoms with Crippen molar-refractivity contribution in [1.29, 1.82) is 0 Å². The summed E-state index contributed by atoms with van der Waals surface area (Å²) in [6, 6.07) is 5.42. The lowest BCUT2D eigenvalue weighted by atomic mass is 10.1. The molecule has 142 valence electrons. The summed E-state index contributed by atoms with van der Waals surface area (Å²) >= 11 is 0. The topological polar surface area (TPSA) is 107 Å². The van der Waals surface area contributed by atoms with Crippen LogP contribution in [0.4, 0.5) is 5.69 Å². The van der Waals surface area contributed by atoms with Gasteiger partial charge in [-0.05, 0) is 25.3 Å². The number of benzene rings is 1. The second kappa shape index (κ2) is 7.61. The Hall–Kier alpha value is -2.16. The molecule has 1 amide bonds. The molecule has 1 aromatic carbocycles. The van der Waals surface area contributed by atoms with E-state index in [-0.39, 0.29) is 47.5 Å². The molecule has 8 nitrogen and oxygen atoms in total. The molecule has 2 aliphatic rings. The van der Waals surface area contributed by atoms with Crippen molar-refractivity contribution in [3.05, 3.63) is 34.4 Å². The highest BCUT2D eigenvalue weighted by Gasteiger charge is 2.39. The maximum absolute atomic E-state index is 12.8. The lowest BCUT2D eigenvalue weighted by molar-refractivity contribution is -0.384. The number of nitro benzene ring substituents is 1. The molecule has 3 rings (SSSR count). The smallest absolute Gasteiger partial charge is 0.273 e. The van der Waals surface area contributed by atoms with E-state index >= 15 is 0 Å². The molecule has 2 fully saturated rings. The first-order valence-electron chi connectivity index (χ1n) is 8.74. The highest BCUT2D eigenvalue weighted by Crippen LogP contribution is 2.29. The molecule has 9 heteroatoms. The lowest BCUT2D eigenvalue weighted by Gasteiger charge is -2.34. The van der Waals surface area contributed by atoms with E-state index in [1.54, 1.807) is 11.0 Å². The second-order valence-electron chi connectivity index (χ2n) is 6.84. The first kappa shape index (κ1) is 18.6. The predicted molar refractivity (Wildman–Crippen MR) is 94.8 cm³/mol. The third-order valence-corrected chi connectivity index (χ3v) is 6.75. The Bertz CT molecular complexity index is 788. The second-order valence-corrected chi connectivity index (χ2v) is 9.07. The summed E-state index contributed by atoms with van der Waals surface area (Å²) in [5, 5.41) is 10.8. The normalized spacial score (nSPS) is 22.2. The number of ether oxygens (including phenoxy) is 1. The largest absolute Gasteiger partial charge is 0.484 e. The Morgan fingerprint density at radius 1 is 1.23 bits per heavy atom. The molecular weight excluding hydrogens is 360 g/mol. The minimum atomic E-state index is -3.10. The number of nitro groups is 1. The fraction of sp³-hybridized carbons (Fsp3) is 0.588. The van der Waals surface area contributed by atoms with Crippen LogP contribution in [0.15, 0.2) is 24.3 Å². The molecule has 0 spiro atoms. The number of non-ortho nitro benzene ring substituents is 1. The SMILES string of the molecule is O=C(COc1cccc([N+](=O)[O-])c1)N(C1CCCC1)[C@@H]1CCS(=O)(=O)C1. The zero-order valence-corrected chi connectivity index (χ0v) is 15.2. The van der Waals surface area contributed by atoms with Gasteiger partial charge < -0.3 is 9.64 Å². The molecule has 1 aliphatic heterocycles. The zero-order chi connectivity index (χ0) is 18.7. The molecule has 0 aromatic heterocycles. The number of nitrogens with zero attached hydrogens (tertiary/aromatic N) is 2. The van der Waals surface area contributed by atoms with Crippen molar-refractivity contribution in [2.75, 3.05) is 18.1 Å². The molecule has 1 aromatic rings. The van der Waals surface area contributed by atoms with Crippen molar-refractivity contribution in [3.8, 4) is 5.75 Å². The van der Waals surface area contributed by atoms with Crippen LogP contribution in [-0.4, -0.2) is 54.3 Å². The van der Waals surface area contributed by atoms with Crippen LogP contribution in [0.1, 0.15) is 32.1 Å². The summed E-state index contributed by atoms with van der Waals surface area (Å²) in [4.78, 5) is 24.8. The van der Waals surface area contributed by atoms with Gasteiger partial charge in [0.25, 0.3) is 11.6 Å². The van der Waals surface area contributed by atoms with E-state index in [4.69, 9.17) is 4.74 Å². The quantitative estimate of drug-likeness (QED) is 0.550. The average molecular weight is 382 g/mol. The van der Waals surface area contributed by atoms with Gasteiger partial charge in [-0.2, -0.15) is 0 Å². The third kappa shape index (κ3) is 4.32. The maximum atomic E-state index is 12.8. The zero-order valence-electron chi connectivity index (χ0n) is 14.4. The Balaban J connectivity index is 1.69. The molecular formula is C17H22N2O6S. The standard InChI is InChI=1S/C17H22N2O6S/c20-17(11-25-16-7-3-6-14(10-16)19(21)22)18(13-4-1-2-5-13)15-8-9-26(23,24)12-15/h3,6-7,10,13,15H,1-2,4-5,8-9,11-12H2/t15-/m1/s1. The van der Waals surface area contributed by atoms with Gasteiger partial charge in [-0.15, -0.1) is 0 Å². The van der Waals surface area contributed by atoms with Crippen LogP contribution >= 0.6 is 0 Å². The predicted octanol–water partition coefficient (Wildman–Crippen LogP) is 1.93. The van der Waals surface area contributed by atoms with Crippen molar-refractivity contribution in [2.24, 2.45) is 0 Å². The summed E-state index contributed by atoms with van der Waals surface area (Å²) in [5.74, 6) is 0.106. The summed E-state index contributed by atoms with van der Waals surface area (Å²) in [6.45, 7) is -0.256. The maximum Gasteiger partial charge on any atom is 0.273 e. The number of amides is 1. The van der Waals surface area contributed by atoms with Gasteiger partial charge in [0.1, 0.15) is 5.75 Å². The Labute approximate surface area is 152 Å². The van der Waals surface area contributed by atoms with Crippen LogP contribution in [-0.2, 0) is 14.6 Å². The number of hydrogen-bond acceptors (Lipinski definition) is 6. The summed E-state index contributed by atoms with van der Waals surface area (Å²) < 4.78 is 29.1. The van der Waals surface area contributed by atoms with Crippen molar-refractivity contribution >= 4 is 21.4 Å². The Morgan fingerprint density at radius 2 is 1.96 bits per heavy atom. The number of carbonyl (C=O) groups excluding carboxylic acids is 1. The molecule has 1 atom stereocenters. The van der Waals surface area contributed by atoms with Gasteiger partial charge in [0.2, 0.25) is 0 Å². The van der Waals surface area contributed by atoms with E-state index in [1.807, 2.05) is 0 Å². The van der Waals surface area contributed by atoms with E-state index < -0.39 is 14.8 Å². The lowest BCUT2D eigenvalue weighted by Crippen LogP contribution is -2.48. The number of hydrogen-bond donors (Lipinski definition) is 0. The number of sulfone groups is 1. The Kier molecular flexibility index (Phi) is 5.45. The van der Waals surface area contributed by atoms with Crippen molar-refractivity contribution in [3.63, 3.8) is 0 Å². The van der Waals surface area contributed by atoms with Crippen LogP contribution in [0, 0.1) is 10.1 Å². The van der Waals surface area contributed by atoms with Crippen LogP contribution in [0.3, 0.4) is 0 Å². The Morgan fingerprint density at radius 3 is 2.58 bits per heavy atom. The molecule has 1 saturated heterocycles. The van der Waals surface area contributed by atoms with E-state index in [0.717, 1.165) is 25.7 Å². The molecule has 0 radical (unpaired) electrons. The minimum Gasteiger partial charge on any atom is -0.484 e. The molecule has 0 N–H and O–H groups in total. The van der Waals surface area contributed by atoms with Crippen molar-refractivity contribution < 1.29 is 22.9 Å². The summed E-state index contributed by atoms with van der Waals surface area (Å²) in [7, 11) is -3.10. The summed E-state index contributed by atoms with van der Waals surface area (Å²) in [5.41, 5.74) is -0.107. The monoisotopic (exact) mass is 382 g/mol. The van der Waals surface area contributed by atoms with Gasteiger partial charge in [0.05, 0.1) is 22.5 Å². The highest BCUT2D eigenvalue weighted by molar-refractivity contribution is 7.91. The van der Waals surface area contributed by atoms with E-state index in [0.29, 0.717) is 6.42 Å². The van der Waals surface area contributed by atoms with Gasteiger partial charge in [-0.25, -0.2) is 8.42 Å². The van der Waals surface area contributed by atoms with Crippen LogP contribution in [0.5, 0.6) is 5.75 Å². The number of rotatable bonds is 6. The summed E-state index contributed by atoms with van der Waals surface area (Å²) in [6.07, 6.45) is 4.26. The van der Waals surface area contributed by atoms with Gasteiger partial charge >= 0.3 is 0 Å². The van der Waals surface area contributed by atoms with Crippen LogP contribution in [0.25, 0.3) is 0 Å². The van der Waals surface area contributed by atoms with Crippen LogP contribution in [0.2, 0.25) is 0 Å². The highest BCUT2D eigenvalue weighted by atomic mass is 32.2. The van der Waals surface area contributed by atoms with Crippen molar-refractivity contribution in [2.45, 2.75) is 44.2 Å². The first-order chi connectivity index (χ1) is 12.4. The van der Waals surface area contributed by atoms with Gasteiger partial charge in [0, 0.05) is 18.2 Å². The minimum absolute atomic E-state index is 0.00600. The van der Waals surface area contributed by atoms with Gasteiger partial charge in [-0.1, -0.05) is 18.9 Å². The fourth-order valence-electron chi connectivity index (χ4n) is 3.79. The van der Waals surface area contributed by atoms with Crippen LogP contribution < -0.4 is 4.74 Å². The van der Waals surface area contributed by atoms with Gasteiger partial charge in [-0.3, -0.25) is 14.9 Å². The van der Waals surface area contributed by atoms with E-state index in [2.05, 4.69) is 0 Å². The molecule has 1 saturated carbocycles. The first-order valence-corrected chi connectivity index (χ1v) is 10.6. The molecule has 26 heavy (non-hydrogen) atoms.